The number of barbiturate groups is 1. The van der Waals surface area contributed by atoms with Crippen LogP contribution in [0, 0.1) is 17.6 Å². The Morgan fingerprint density at radius 3 is 1.78 bits per heavy atom. The standard InChI is InChI=1S/C24H18F2N2O4/c1-32-19-12-10-18(11-13-19)28-23(30)21(22(29)27-24(28)31)20(14-2-6-16(25)7-3-14)15-4-8-17(26)9-5-15/h2-13,20-21H,1H3,(H,27,29,31)/t21-/m1/s1. The highest BCUT2D eigenvalue weighted by Gasteiger charge is 2.46. The number of nitrogens with one attached hydrogen (secondary N) is 1. The molecule has 0 unspecified atom stereocenters. The molecular formula is C24H18F2N2O4. The van der Waals surface area contributed by atoms with Crippen LogP contribution in [0.1, 0.15) is 17.0 Å². The Morgan fingerprint density at radius 2 is 1.31 bits per heavy atom. The molecule has 4 rings (SSSR count). The molecule has 1 fully saturated rings. The maximum atomic E-state index is 13.5. The van der Waals surface area contributed by atoms with Gasteiger partial charge in [0.15, 0.2) is 0 Å². The minimum Gasteiger partial charge on any atom is -0.497 e. The van der Waals surface area contributed by atoms with Gasteiger partial charge in [-0.15, -0.1) is 0 Å². The van der Waals surface area contributed by atoms with E-state index < -0.39 is 41.3 Å². The van der Waals surface area contributed by atoms with Gasteiger partial charge in [-0.2, -0.15) is 0 Å². The number of halogens is 2. The Morgan fingerprint density at radius 1 is 0.812 bits per heavy atom. The number of amides is 4. The summed E-state index contributed by atoms with van der Waals surface area (Å²) in [6.07, 6.45) is 0. The fourth-order valence-corrected chi connectivity index (χ4v) is 3.78. The number of benzene rings is 3. The van der Waals surface area contributed by atoms with Crippen LogP contribution < -0.4 is 15.0 Å². The van der Waals surface area contributed by atoms with Crippen molar-refractivity contribution in [3.63, 3.8) is 0 Å². The minimum absolute atomic E-state index is 0.253. The summed E-state index contributed by atoms with van der Waals surface area (Å²) in [5.41, 5.74) is 1.19. The molecule has 162 valence electrons. The number of nitrogens with zero attached hydrogens (tertiary/aromatic N) is 1. The number of carbonyl (C=O) groups excluding carboxylic acids is 3. The van der Waals surface area contributed by atoms with Gasteiger partial charge in [-0.3, -0.25) is 14.9 Å². The largest absolute Gasteiger partial charge is 0.497 e. The molecule has 1 aliphatic heterocycles. The van der Waals surface area contributed by atoms with E-state index in [9.17, 15) is 23.2 Å². The summed E-state index contributed by atoms with van der Waals surface area (Å²) in [4.78, 5) is 39.8. The zero-order valence-electron chi connectivity index (χ0n) is 16.9. The monoisotopic (exact) mass is 436 g/mol. The van der Waals surface area contributed by atoms with Crippen molar-refractivity contribution >= 4 is 23.5 Å². The molecular weight excluding hydrogens is 418 g/mol. The maximum Gasteiger partial charge on any atom is 0.335 e. The van der Waals surface area contributed by atoms with E-state index >= 15 is 0 Å². The number of anilines is 1. The number of methoxy groups -OCH3 is 1. The quantitative estimate of drug-likeness (QED) is 0.614. The molecule has 8 heteroatoms. The lowest BCUT2D eigenvalue weighted by molar-refractivity contribution is -0.134. The highest BCUT2D eigenvalue weighted by atomic mass is 19.1. The minimum atomic E-state index is -1.34. The molecule has 0 spiro atoms. The van der Waals surface area contributed by atoms with E-state index in [1.165, 1.54) is 67.8 Å². The fourth-order valence-electron chi connectivity index (χ4n) is 3.78. The Kier molecular flexibility index (Phi) is 5.68. The molecule has 1 heterocycles. The number of urea groups is 1. The summed E-state index contributed by atoms with van der Waals surface area (Å²) < 4.78 is 32.2. The summed E-state index contributed by atoms with van der Waals surface area (Å²) in [6, 6.07) is 16.0. The van der Waals surface area contributed by atoms with Gasteiger partial charge < -0.3 is 4.74 Å². The molecule has 6 nitrogen and oxygen atoms in total. The number of rotatable bonds is 5. The van der Waals surface area contributed by atoms with Crippen LogP contribution in [0.2, 0.25) is 0 Å². The van der Waals surface area contributed by atoms with E-state index in [4.69, 9.17) is 4.74 Å². The molecule has 3 aromatic carbocycles. The average molecular weight is 436 g/mol. The second kappa shape index (κ2) is 8.58. The fraction of sp³-hybridized carbons (Fsp3) is 0.125. The Hall–Kier alpha value is -4.07. The number of carbonyl (C=O) groups is 3. The molecule has 4 amide bonds. The van der Waals surface area contributed by atoms with Crippen molar-refractivity contribution in [1.29, 1.82) is 0 Å². The van der Waals surface area contributed by atoms with Crippen LogP contribution in [0.3, 0.4) is 0 Å². The predicted octanol–water partition coefficient (Wildman–Crippen LogP) is 4.00. The normalized spacial score (nSPS) is 16.3. The summed E-state index contributed by atoms with van der Waals surface area (Å²) in [7, 11) is 1.48. The molecule has 1 atom stereocenters. The molecule has 0 aliphatic carbocycles. The molecule has 0 bridgehead atoms. The van der Waals surface area contributed by atoms with Gasteiger partial charge in [-0.1, -0.05) is 24.3 Å². The Bertz CT molecular complexity index is 1120. The lowest BCUT2D eigenvalue weighted by Crippen LogP contribution is -2.59. The molecule has 32 heavy (non-hydrogen) atoms. The van der Waals surface area contributed by atoms with Crippen LogP contribution in [-0.4, -0.2) is 25.0 Å². The molecule has 1 aliphatic rings. The van der Waals surface area contributed by atoms with Crippen molar-refractivity contribution in [2.45, 2.75) is 5.92 Å². The van der Waals surface area contributed by atoms with E-state index in [0.29, 0.717) is 16.9 Å². The lowest BCUT2D eigenvalue weighted by atomic mass is 9.78. The van der Waals surface area contributed by atoms with Gasteiger partial charge in [-0.25, -0.2) is 18.5 Å². The topological polar surface area (TPSA) is 75.7 Å². The van der Waals surface area contributed by atoms with Gasteiger partial charge in [0.1, 0.15) is 23.3 Å². The van der Waals surface area contributed by atoms with Crippen LogP contribution >= 0.6 is 0 Å². The van der Waals surface area contributed by atoms with E-state index in [-0.39, 0.29) is 5.69 Å². The van der Waals surface area contributed by atoms with Gasteiger partial charge in [0.2, 0.25) is 11.8 Å². The van der Waals surface area contributed by atoms with Crippen LogP contribution in [-0.2, 0) is 9.59 Å². The van der Waals surface area contributed by atoms with Crippen molar-refractivity contribution in [1.82, 2.24) is 5.32 Å². The zero-order chi connectivity index (χ0) is 22.8. The molecule has 1 saturated heterocycles. The lowest BCUT2D eigenvalue weighted by Gasteiger charge is -2.34. The van der Waals surface area contributed by atoms with Gasteiger partial charge in [0.25, 0.3) is 0 Å². The predicted molar refractivity (Wildman–Crippen MR) is 112 cm³/mol. The second-order valence-corrected chi connectivity index (χ2v) is 7.22. The molecule has 1 N–H and O–H groups in total. The van der Waals surface area contributed by atoms with Gasteiger partial charge in [0.05, 0.1) is 12.8 Å². The average Bonchev–Trinajstić information content (AvgIpc) is 2.78. The van der Waals surface area contributed by atoms with Crippen LogP contribution in [0.5, 0.6) is 5.75 Å². The van der Waals surface area contributed by atoms with E-state index in [1.54, 1.807) is 12.1 Å². The smallest absolute Gasteiger partial charge is 0.335 e. The molecule has 0 aromatic heterocycles. The molecule has 0 saturated carbocycles. The summed E-state index contributed by atoms with van der Waals surface area (Å²) in [6.45, 7) is 0. The zero-order valence-corrected chi connectivity index (χ0v) is 16.9. The van der Waals surface area contributed by atoms with Crippen LogP contribution in [0.15, 0.2) is 72.8 Å². The van der Waals surface area contributed by atoms with E-state index in [0.717, 1.165) is 4.90 Å². The Balaban J connectivity index is 1.80. The third kappa shape index (κ3) is 3.94. The van der Waals surface area contributed by atoms with E-state index in [1.807, 2.05) is 0 Å². The highest BCUT2D eigenvalue weighted by molar-refractivity contribution is 6.28. The maximum absolute atomic E-state index is 13.5. The van der Waals surface area contributed by atoms with Gasteiger partial charge in [0, 0.05) is 5.92 Å². The first-order chi connectivity index (χ1) is 15.4. The van der Waals surface area contributed by atoms with Crippen molar-refractivity contribution in [3.8, 4) is 5.75 Å². The third-order valence-corrected chi connectivity index (χ3v) is 5.32. The van der Waals surface area contributed by atoms with Gasteiger partial charge in [-0.05, 0) is 59.7 Å². The number of hydrogen-bond donors (Lipinski definition) is 1. The number of hydrogen-bond acceptors (Lipinski definition) is 4. The Labute approximate surface area is 182 Å². The summed E-state index contributed by atoms with van der Waals surface area (Å²) in [5.74, 6) is -4.20. The van der Waals surface area contributed by atoms with Crippen molar-refractivity contribution in [3.05, 3.63) is 95.6 Å². The third-order valence-electron chi connectivity index (χ3n) is 5.32. The first-order valence-electron chi connectivity index (χ1n) is 9.73. The highest BCUT2D eigenvalue weighted by Crippen LogP contribution is 2.36. The summed E-state index contributed by atoms with van der Waals surface area (Å²) in [5, 5.41) is 2.23. The summed E-state index contributed by atoms with van der Waals surface area (Å²) >= 11 is 0. The second-order valence-electron chi connectivity index (χ2n) is 7.22. The first-order valence-corrected chi connectivity index (χ1v) is 9.73. The molecule has 0 radical (unpaired) electrons. The van der Waals surface area contributed by atoms with Crippen LogP contribution in [0.4, 0.5) is 19.3 Å². The SMILES string of the molecule is COc1ccc(N2C(=O)NC(=O)[C@@H](C(c3ccc(F)cc3)c3ccc(F)cc3)C2=O)cc1. The van der Waals surface area contributed by atoms with Crippen molar-refractivity contribution in [2.75, 3.05) is 12.0 Å². The molecule has 3 aromatic rings. The van der Waals surface area contributed by atoms with Crippen LogP contribution in [0.25, 0.3) is 0 Å². The van der Waals surface area contributed by atoms with Gasteiger partial charge >= 0.3 is 6.03 Å². The number of ether oxygens (including phenoxy) is 1. The van der Waals surface area contributed by atoms with E-state index in [2.05, 4.69) is 5.32 Å². The first kappa shape index (κ1) is 21.2. The van der Waals surface area contributed by atoms with Crippen molar-refractivity contribution in [2.24, 2.45) is 5.92 Å². The van der Waals surface area contributed by atoms with Crippen molar-refractivity contribution < 1.29 is 27.9 Å². The number of imide groups is 2.